The molecule has 3 nitrogen and oxygen atoms in total. The second kappa shape index (κ2) is 3.62. The van der Waals surface area contributed by atoms with Gasteiger partial charge in [-0.1, -0.05) is 0 Å². The molecule has 72 valence electrons. The van der Waals surface area contributed by atoms with Gasteiger partial charge in [0.2, 0.25) is 0 Å². The van der Waals surface area contributed by atoms with Crippen LogP contribution in [0.5, 0.6) is 0 Å². The molecule has 0 aliphatic carbocycles. The summed E-state index contributed by atoms with van der Waals surface area (Å²) in [5.74, 6) is 0. The number of nitrogens with zero attached hydrogens (tertiary/aromatic N) is 3. The first-order chi connectivity index (χ1) is 6.79. The van der Waals surface area contributed by atoms with E-state index in [1.54, 1.807) is 0 Å². The number of aryl methyl sites for hydroxylation is 1. The Labute approximate surface area is 83.4 Å². The van der Waals surface area contributed by atoms with Crippen LogP contribution in [-0.4, -0.2) is 14.5 Å². The Balaban J connectivity index is 2.34. The van der Waals surface area contributed by atoms with Crippen molar-refractivity contribution in [1.29, 1.82) is 0 Å². The summed E-state index contributed by atoms with van der Waals surface area (Å²) in [7, 11) is 0. The molecule has 0 saturated carbocycles. The summed E-state index contributed by atoms with van der Waals surface area (Å²) in [6.07, 6.45) is 7.37. The van der Waals surface area contributed by atoms with Gasteiger partial charge in [0.1, 0.15) is 0 Å². The van der Waals surface area contributed by atoms with Crippen molar-refractivity contribution in [1.82, 2.24) is 14.5 Å². The zero-order chi connectivity index (χ0) is 9.97. The molecule has 0 radical (unpaired) electrons. The highest BCUT2D eigenvalue weighted by atomic mass is 15.1. The summed E-state index contributed by atoms with van der Waals surface area (Å²) < 4.78 is 2.15. The third kappa shape index (κ3) is 1.53. The summed E-state index contributed by atoms with van der Waals surface area (Å²) in [4.78, 5) is 8.12. The highest BCUT2D eigenvalue weighted by Crippen LogP contribution is 2.17. The fourth-order valence-corrected chi connectivity index (χ4v) is 1.58. The van der Waals surface area contributed by atoms with Gasteiger partial charge in [0.25, 0.3) is 0 Å². The number of imidazole rings is 1. The van der Waals surface area contributed by atoms with Gasteiger partial charge in [-0.2, -0.15) is 0 Å². The lowest BCUT2D eigenvalue weighted by molar-refractivity contribution is 0.622. The van der Waals surface area contributed by atoms with Crippen LogP contribution in [0.3, 0.4) is 0 Å². The van der Waals surface area contributed by atoms with Crippen molar-refractivity contribution in [3.63, 3.8) is 0 Å². The lowest BCUT2D eigenvalue weighted by atomic mass is 10.1. The van der Waals surface area contributed by atoms with E-state index in [1.807, 2.05) is 37.1 Å². The Kier molecular flexibility index (Phi) is 2.31. The van der Waals surface area contributed by atoms with Gasteiger partial charge in [-0.25, -0.2) is 4.98 Å². The number of pyridine rings is 1. The van der Waals surface area contributed by atoms with E-state index in [4.69, 9.17) is 0 Å². The first-order valence-electron chi connectivity index (χ1n) is 4.67. The Bertz CT molecular complexity index is 405. The SMILES string of the molecule is Cc1cncn1C(C)c1ccncc1. The molecule has 3 heteroatoms. The fraction of sp³-hybridized carbons (Fsp3) is 0.273. The zero-order valence-electron chi connectivity index (χ0n) is 8.38. The molecular weight excluding hydrogens is 174 g/mol. The van der Waals surface area contributed by atoms with Crippen LogP contribution < -0.4 is 0 Å². The third-order valence-corrected chi connectivity index (χ3v) is 2.47. The molecule has 2 aromatic heterocycles. The molecule has 2 rings (SSSR count). The van der Waals surface area contributed by atoms with E-state index in [0.29, 0.717) is 6.04 Å². The average molecular weight is 187 g/mol. The van der Waals surface area contributed by atoms with E-state index in [0.717, 1.165) is 0 Å². The van der Waals surface area contributed by atoms with Crippen LogP contribution in [0.2, 0.25) is 0 Å². The molecule has 1 unspecified atom stereocenters. The zero-order valence-corrected chi connectivity index (χ0v) is 8.38. The molecule has 0 amide bonds. The highest BCUT2D eigenvalue weighted by Gasteiger charge is 2.08. The molecule has 2 aromatic rings. The normalized spacial score (nSPS) is 12.7. The van der Waals surface area contributed by atoms with Crippen molar-refractivity contribution < 1.29 is 0 Å². The van der Waals surface area contributed by atoms with Crippen molar-refractivity contribution in [2.75, 3.05) is 0 Å². The Morgan fingerprint density at radius 2 is 1.93 bits per heavy atom. The largest absolute Gasteiger partial charge is 0.328 e. The molecule has 14 heavy (non-hydrogen) atoms. The predicted octanol–water partition coefficient (Wildman–Crippen LogP) is 2.20. The van der Waals surface area contributed by atoms with Crippen LogP contribution >= 0.6 is 0 Å². The van der Waals surface area contributed by atoms with Crippen molar-refractivity contribution in [3.8, 4) is 0 Å². The number of rotatable bonds is 2. The molecule has 0 spiro atoms. The van der Waals surface area contributed by atoms with E-state index in [-0.39, 0.29) is 0 Å². The summed E-state index contributed by atoms with van der Waals surface area (Å²) in [6.45, 7) is 4.22. The van der Waals surface area contributed by atoms with Gasteiger partial charge in [-0.15, -0.1) is 0 Å². The van der Waals surface area contributed by atoms with E-state index >= 15 is 0 Å². The van der Waals surface area contributed by atoms with Crippen molar-refractivity contribution in [2.24, 2.45) is 0 Å². The Hall–Kier alpha value is -1.64. The van der Waals surface area contributed by atoms with Crippen LogP contribution in [0.25, 0.3) is 0 Å². The molecule has 0 saturated heterocycles. The van der Waals surface area contributed by atoms with Crippen molar-refractivity contribution >= 4 is 0 Å². The summed E-state index contributed by atoms with van der Waals surface area (Å²) in [5, 5.41) is 0. The molecule has 0 aromatic carbocycles. The van der Waals surface area contributed by atoms with Crippen LogP contribution in [0.4, 0.5) is 0 Å². The first-order valence-corrected chi connectivity index (χ1v) is 4.67. The topological polar surface area (TPSA) is 30.7 Å². The number of aromatic nitrogens is 3. The summed E-state index contributed by atoms with van der Waals surface area (Å²) >= 11 is 0. The van der Waals surface area contributed by atoms with Gasteiger partial charge >= 0.3 is 0 Å². The second-order valence-electron chi connectivity index (χ2n) is 3.40. The van der Waals surface area contributed by atoms with Crippen LogP contribution in [0, 0.1) is 6.92 Å². The minimum atomic E-state index is 0.320. The van der Waals surface area contributed by atoms with E-state index in [1.165, 1.54) is 11.3 Å². The monoisotopic (exact) mass is 187 g/mol. The molecule has 0 aliphatic rings. The molecular formula is C11H13N3. The quantitative estimate of drug-likeness (QED) is 0.721. The predicted molar refractivity (Wildman–Crippen MR) is 55.0 cm³/mol. The standard InChI is InChI=1S/C11H13N3/c1-9-7-13-8-14(9)10(2)11-3-5-12-6-4-11/h3-8,10H,1-2H3. The third-order valence-electron chi connectivity index (χ3n) is 2.47. The van der Waals surface area contributed by atoms with E-state index in [9.17, 15) is 0 Å². The average Bonchev–Trinajstić information content (AvgIpc) is 2.65. The van der Waals surface area contributed by atoms with Gasteiger partial charge in [0.05, 0.1) is 12.4 Å². The number of hydrogen-bond acceptors (Lipinski definition) is 2. The van der Waals surface area contributed by atoms with Crippen molar-refractivity contribution in [2.45, 2.75) is 19.9 Å². The minimum absolute atomic E-state index is 0.320. The van der Waals surface area contributed by atoms with Crippen LogP contribution in [0.1, 0.15) is 24.2 Å². The minimum Gasteiger partial charge on any atom is -0.328 e. The summed E-state index contributed by atoms with van der Waals surface area (Å²) in [6, 6.07) is 4.38. The maximum absolute atomic E-state index is 4.12. The maximum Gasteiger partial charge on any atom is 0.0953 e. The highest BCUT2D eigenvalue weighted by molar-refractivity contribution is 5.16. The van der Waals surface area contributed by atoms with Crippen molar-refractivity contribution in [3.05, 3.63) is 48.3 Å². The Morgan fingerprint density at radius 1 is 1.21 bits per heavy atom. The van der Waals surface area contributed by atoms with E-state index in [2.05, 4.69) is 28.4 Å². The summed E-state index contributed by atoms with van der Waals surface area (Å²) in [5.41, 5.74) is 2.43. The van der Waals surface area contributed by atoms with Gasteiger partial charge in [0, 0.05) is 24.3 Å². The lowest BCUT2D eigenvalue weighted by Crippen LogP contribution is -2.06. The molecule has 0 bridgehead atoms. The first kappa shape index (κ1) is 8.94. The van der Waals surface area contributed by atoms with Gasteiger partial charge in [-0.3, -0.25) is 4.98 Å². The Morgan fingerprint density at radius 3 is 2.50 bits per heavy atom. The van der Waals surface area contributed by atoms with E-state index < -0.39 is 0 Å². The second-order valence-corrected chi connectivity index (χ2v) is 3.40. The van der Waals surface area contributed by atoms with Gasteiger partial charge < -0.3 is 4.57 Å². The molecule has 0 fully saturated rings. The smallest absolute Gasteiger partial charge is 0.0953 e. The molecule has 2 heterocycles. The molecule has 0 N–H and O–H groups in total. The fourth-order valence-electron chi connectivity index (χ4n) is 1.58. The van der Waals surface area contributed by atoms with Crippen LogP contribution in [-0.2, 0) is 0 Å². The molecule has 1 atom stereocenters. The maximum atomic E-state index is 4.12. The van der Waals surface area contributed by atoms with Gasteiger partial charge in [0.15, 0.2) is 0 Å². The van der Waals surface area contributed by atoms with Crippen LogP contribution in [0.15, 0.2) is 37.1 Å². The van der Waals surface area contributed by atoms with Gasteiger partial charge in [-0.05, 0) is 31.5 Å². The molecule has 0 aliphatic heterocycles. The number of hydrogen-bond donors (Lipinski definition) is 0. The lowest BCUT2D eigenvalue weighted by Gasteiger charge is -2.14.